The van der Waals surface area contributed by atoms with Gasteiger partial charge in [-0.2, -0.15) is 0 Å². The highest BCUT2D eigenvalue weighted by Gasteiger charge is 2.44. The van der Waals surface area contributed by atoms with Crippen molar-refractivity contribution in [3.05, 3.63) is 255 Å². The molecular formula is C72H42B2N4O3. The SMILES string of the molecule is c1ccc(N(c2ccccc2)c2cc3c4c(c2)-n2c5ccccc5c5cccc(c52)B4c2cc4c(cc2O3)oc2cc3c(cc24)B2c4c(cc(N(c5ccccc5)c5ccccc5)cc4-n4c5ccccc5c5cccc2c54)O3)cc1. The number of hydrogen-bond acceptors (Lipinski definition) is 5. The van der Waals surface area contributed by atoms with Gasteiger partial charge in [-0.25, -0.2) is 0 Å². The molecule has 7 heterocycles. The van der Waals surface area contributed by atoms with Gasteiger partial charge in [0.2, 0.25) is 0 Å². The molecule has 0 atom stereocenters. The lowest BCUT2D eigenvalue weighted by Gasteiger charge is -2.35. The molecule has 9 heteroatoms. The standard InChI is InChI=1S/C72H42B2N4O3/c1-5-19-43(20-6-1)75(44-21-7-2-8-22-44)47-35-61-69-67(37-47)80-65-41-63-53(39-57(65)73(69)55-31-17-29-51-49-27-13-15-33-59(49)77(61)71(51)55)54-40-58-66(42-64(54)79-63)81-68-38-48(76(45-23-9-3-10-24-45)46-25-11-4-12-26-46)36-62-70(68)74(58)56-32-18-30-52-50-28-14-16-34-60(50)78(62)72(52)56/h1-42H. The first kappa shape index (κ1) is 43.4. The van der Waals surface area contributed by atoms with Crippen molar-refractivity contribution in [1.82, 2.24) is 9.13 Å². The summed E-state index contributed by atoms with van der Waals surface area (Å²) in [4.78, 5) is 4.66. The zero-order valence-corrected chi connectivity index (χ0v) is 43.4. The Hall–Kier alpha value is -10.6. The van der Waals surface area contributed by atoms with Crippen molar-refractivity contribution in [3.8, 4) is 34.4 Å². The molecule has 4 aliphatic heterocycles. The second kappa shape index (κ2) is 16.0. The zero-order chi connectivity index (χ0) is 52.6. The molecule has 0 spiro atoms. The minimum atomic E-state index is -0.127. The van der Waals surface area contributed by atoms with Crippen LogP contribution in [0.4, 0.5) is 34.1 Å². The van der Waals surface area contributed by atoms with Crippen LogP contribution in [0.2, 0.25) is 0 Å². The summed E-state index contributed by atoms with van der Waals surface area (Å²) < 4.78 is 26.7. The van der Waals surface area contributed by atoms with Crippen molar-refractivity contribution < 1.29 is 13.9 Å². The van der Waals surface area contributed by atoms with Crippen molar-refractivity contribution in [2.45, 2.75) is 0 Å². The van der Waals surface area contributed by atoms with Crippen LogP contribution in [-0.4, -0.2) is 22.6 Å². The fourth-order valence-electron chi connectivity index (χ4n) is 14.5. The maximum absolute atomic E-state index is 7.34. The number of anilines is 6. The summed E-state index contributed by atoms with van der Waals surface area (Å²) in [5, 5.41) is 7.01. The second-order valence-corrected chi connectivity index (χ2v) is 21.9. The monoisotopic (exact) mass is 1030 g/mol. The van der Waals surface area contributed by atoms with Gasteiger partial charge in [-0.3, -0.25) is 0 Å². The van der Waals surface area contributed by atoms with Crippen molar-refractivity contribution in [2.75, 3.05) is 9.80 Å². The summed E-state index contributed by atoms with van der Waals surface area (Å²) in [6, 6.07) is 92.0. The van der Waals surface area contributed by atoms with E-state index < -0.39 is 0 Å². The summed E-state index contributed by atoms with van der Waals surface area (Å²) in [7, 11) is 0. The van der Waals surface area contributed by atoms with E-state index in [4.69, 9.17) is 13.9 Å². The Bertz CT molecular complexity index is 4810. The molecule has 15 aromatic rings. The highest BCUT2D eigenvalue weighted by atomic mass is 16.5. The molecule has 0 radical (unpaired) electrons. The van der Waals surface area contributed by atoms with Gasteiger partial charge in [0.1, 0.15) is 34.2 Å². The maximum atomic E-state index is 7.34. The molecule has 7 nitrogen and oxygen atoms in total. The van der Waals surface area contributed by atoms with Gasteiger partial charge in [0, 0.05) is 102 Å². The van der Waals surface area contributed by atoms with Crippen LogP contribution in [-0.2, 0) is 0 Å². The van der Waals surface area contributed by atoms with Crippen LogP contribution < -0.4 is 52.1 Å². The van der Waals surface area contributed by atoms with E-state index in [0.29, 0.717) is 0 Å². The number of hydrogen-bond donors (Lipinski definition) is 0. The average Bonchev–Trinajstić information content (AvgIpc) is 2.23. The van der Waals surface area contributed by atoms with Crippen molar-refractivity contribution >= 4 is 146 Å². The van der Waals surface area contributed by atoms with E-state index in [1.807, 2.05) is 0 Å². The highest BCUT2D eigenvalue weighted by molar-refractivity contribution is 7.00. The predicted octanol–water partition coefficient (Wildman–Crippen LogP) is 14.6. The molecule has 0 N–H and O–H groups in total. The maximum Gasteiger partial charge on any atom is 0.256 e. The third-order valence-corrected chi connectivity index (χ3v) is 17.7. The van der Waals surface area contributed by atoms with Gasteiger partial charge in [0.15, 0.2) is 0 Å². The minimum absolute atomic E-state index is 0.127. The van der Waals surface area contributed by atoms with Gasteiger partial charge >= 0.3 is 0 Å². The molecule has 0 unspecified atom stereocenters. The van der Waals surface area contributed by atoms with Crippen LogP contribution in [0.15, 0.2) is 259 Å². The molecular weight excluding hydrogens is 990 g/mol. The Balaban J connectivity index is 0.840. The fourth-order valence-corrected chi connectivity index (χ4v) is 14.5. The lowest BCUT2D eigenvalue weighted by atomic mass is 9.34. The van der Waals surface area contributed by atoms with Crippen LogP contribution in [0.25, 0.3) is 76.9 Å². The van der Waals surface area contributed by atoms with Gasteiger partial charge in [0.25, 0.3) is 13.4 Å². The molecule has 0 saturated carbocycles. The van der Waals surface area contributed by atoms with Crippen LogP contribution in [0.5, 0.6) is 23.0 Å². The van der Waals surface area contributed by atoms with E-state index in [-0.39, 0.29) is 13.4 Å². The van der Waals surface area contributed by atoms with Crippen molar-refractivity contribution in [2.24, 2.45) is 0 Å². The molecule has 374 valence electrons. The molecule has 12 aromatic carbocycles. The van der Waals surface area contributed by atoms with E-state index in [2.05, 4.69) is 274 Å². The Morgan fingerprint density at radius 2 is 0.654 bits per heavy atom. The quantitative estimate of drug-likeness (QED) is 0.155. The zero-order valence-electron chi connectivity index (χ0n) is 43.4. The second-order valence-electron chi connectivity index (χ2n) is 21.9. The molecule has 0 amide bonds. The van der Waals surface area contributed by atoms with E-state index >= 15 is 0 Å². The summed E-state index contributed by atoms with van der Waals surface area (Å²) in [6.07, 6.45) is 0. The number of aromatic nitrogens is 2. The van der Waals surface area contributed by atoms with Crippen molar-refractivity contribution in [3.63, 3.8) is 0 Å². The highest BCUT2D eigenvalue weighted by Crippen LogP contribution is 2.47. The first-order chi connectivity index (χ1) is 40.2. The largest absolute Gasteiger partial charge is 0.458 e. The molecule has 81 heavy (non-hydrogen) atoms. The third kappa shape index (κ3) is 5.88. The van der Waals surface area contributed by atoms with E-state index in [1.54, 1.807) is 0 Å². The van der Waals surface area contributed by atoms with Gasteiger partial charge in [-0.05, 0) is 106 Å². The Labute approximate surface area is 465 Å². The third-order valence-electron chi connectivity index (χ3n) is 17.7. The summed E-state index contributed by atoms with van der Waals surface area (Å²) in [5.74, 6) is 3.22. The molecule has 0 fully saturated rings. The topological polar surface area (TPSA) is 47.9 Å². The van der Waals surface area contributed by atoms with Gasteiger partial charge in [-0.1, -0.05) is 158 Å². The van der Waals surface area contributed by atoms with Gasteiger partial charge < -0.3 is 32.8 Å². The Morgan fingerprint density at radius 1 is 0.284 bits per heavy atom. The Morgan fingerprint density at radius 3 is 1.06 bits per heavy atom. The summed E-state index contributed by atoms with van der Waals surface area (Å²) in [5.41, 5.74) is 21.8. The molecule has 19 rings (SSSR count). The first-order valence-electron chi connectivity index (χ1n) is 27.8. The van der Waals surface area contributed by atoms with Crippen LogP contribution in [0.1, 0.15) is 0 Å². The molecule has 4 aliphatic rings. The van der Waals surface area contributed by atoms with Crippen molar-refractivity contribution in [1.29, 1.82) is 0 Å². The number of fused-ring (bicyclic) bond motifs is 17. The summed E-state index contributed by atoms with van der Waals surface area (Å²) in [6.45, 7) is -0.253. The minimum Gasteiger partial charge on any atom is -0.458 e. The lowest BCUT2D eigenvalue weighted by Crippen LogP contribution is -2.58. The number of benzene rings is 12. The number of para-hydroxylation sites is 8. The predicted molar refractivity (Wildman–Crippen MR) is 334 cm³/mol. The molecule has 3 aromatic heterocycles. The normalized spacial score (nSPS) is 13.1. The number of ether oxygens (including phenoxy) is 2. The van der Waals surface area contributed by atoms with E-state index in [9.17, 15) is 0 Å². The van der Waals surface area contributed by atoms with Gasteiger partial charge in [0.05, 0.1) is 22.4 Å². The number of nitrogens with zero attached hydrogens (tertiary/aromatic N) is 4. The first-order valence-corrected chi connectivity index (χ1v) is 27.8. The van der Waals surface area contributed by atoms with E-state index in [1.165, 1.54) is 54.5 Å². The van der Waals surface area contributed by atoms with Gasteiger partial charge in [-0.15, -0.1) is 0 Å². The summed E-state index contributed by atoms with van der Waals surface area (Å²) >= 11 is 0. The van der Waals surface area contributed by atoms with Crippen LogP contribution in [0.3, 0.4) is 0 Å². The molecule has 0 aliphatic carbocycles. The van der Waals surface area contributed by atoms with E-state index in [0.717, 1.165) is 112 Å². The lowest BCUT2D eigenvalue weighted by molar-refractivity contribution is 0.486. The van der Waals surface area contributed by atoms with Crippen LogP contribution >= 0.6 is 0 Å². The number of furan rings is 1. The molecule has 0 saturated heterocycles. The number of rotatable bonds is 6. The smallest absolute Gasteiger partial charge is 0.256 e. The fraction of sp³-hybridized carbons (Fsp3) is 0. The molecule has 0 bridgehead atoms. The Kier molecular flexibility index (Phi) is 8.56. The average molecular weight is 1030 g/mol. The van der Waals surface area contributed by atoms with Crippen LogP contribution in [0, 0.1) is 0 Å².